The van der Waals surface area contributed by atoms with Gasteiger partial charge in [-0.1, -0.05) is 57.7 Å². The molecule has 3 rings (SSSR count). The monoisotopic (exact) mass is 408 g/mol. The number of benzene rings is 3. The zero-order valence-electron chi connectivity index (χ0n) is 16.8. The molecule has 0 radical (unpaired) electrons. The van der Waals surface area contributed by atoms with Crippen LogP contribution in [0.2, 0.25) is 0 Å². The van der Waals surface area contributed by atoms with Crippen LogP contribution < -0.4 is 10.6 Å². The number of hydrogen-bond donors (Lipinski definition) is 0. The van der Waals surface area contributed by atoms with E-state index in [4.69, 9.17) is 0 Å². The van der Waals surface area contributed by atoms with Crippen molar-refractivity contribution in [1.82, 2.24) is 0 Å². The zero-order chi connectivity index (χ0) is 20.3. The van der Waals surface area contributed by atoms with Crippen molar-refractivity contribution in [3.05, 3.63) is 72.8 Å². The highest BCUT2D eigenvalue weighted by Crippen LogP contribution is 2.35. The molecule has 4 heteroatoms. The first-order chi connectivity index (χ1) is 13.4. The SMILES string of the molecule is CC(C)[P+](=O)c1ccccc1-c1ccc(-c2ccccc2[P+](=O)C(C)C)cc1. The minimum absolute atomic E-state index is 0.106. The molecule has 0 aliphatic carbocycles. The molecule has 0 aliphatic heterocycles. The first-order valence-electron chi connectivity index (χ1n) is 9.61. The van der Waals surface area contributed by atoms with Gasteiger partial charge in [0, 0.05) is 11.1 Å². The molecule has 0 saturated heterocycles. The minimum Gasteiger partial charge on any atom is -0.0678 e. The standard InChI is InChI=1S/C24H26O2P2/c1-17(2)27(25)23-11-7-5-9-21(23)19-13-15-20(16-14-19)22-10-6-8-12-24(22)28(26)18(3)4/h5-18H,1-4H3/q+2. The fraction of sp³-hybridized carbons (Fsp3) is 0.250. The summed E-state index contributed by atoms with van der Waals surface area (Å²) in [5.74, 6) is 0. The van der Waals surface area contributed by atoms with Crippen LogP contribution in [0.15, 0.2) is 72.8 Å². The van der Waals surface area contributed by atoms with Gasteiger partial charge in [0.05, 0.1) is 0 Å². The summed E-state index contributed by atoms with van der Waals surface area (Å²) in [5.41, 5.74) is 4.35. The normalized spacial score (nSPS) is 12.4. The third-order valence-corrected chi connectivity index (χ3v) is 8.33. The molecule has 2 atom stereocenters. The fourth-order valence-corrected chi connectivity index (χ4v) is 5.67. The van der Waals surface area contributed by atoms with Crippen molar-refractivity contribution in [3.63, 3.8) is 0 Å². The molecule has 28 heavy (non-hydrogen) atoms. The maximum absolute atomic E-state index is 12.7. The largest absolute Gasteiger partial charge is 0.380 e. The van der Waals surface area contributed by atoms with Gasteiger partial charge in [-0.05, 0) is 63.1 Å². The maximum atomic E-state index is 12.7. The summed E-state index contributed by atoms with van der Waals surface area (Å²) >= 11 is 0. The molecule has 2 unspecified atom stereocenters. The lowest BCUT2D eigenvalue weighted by Crippen LogP contribution is -2.07. The van der Waals surface area contributed by atoms with Gasteiger partial charge in [-0.2, -0.15) is 0 Å². The Bertz CT molecular complexity index is 923. The second-order valence-electron chi connectivity index (χ2n) is 7.45. The predicted molar refractivity (Wildman–Crippen MR) is 122 cm³/mol. The Labute approximate surface area is 169 Å². The van der Waals surface area contributed by atoms with Gasteiger partial charge in [0.15, 0.2) is 21.9 Å². The summed E-state index contributed by atoms with van der Waals surface area (Å²) in [6.45, 7) is 7.97. The molecule has 0 saturated carbocycles. The van der Waals surface area contributed by atoms with Gasteiger partial charge in [-0.15, -0.1) is 0 Å². The first kappa shape index (κ1) is 20.6. The Morgan fingerprint density at radius 3 is 1.18 bits per heavy atom. The Hall–Kier alpha value is -2.14. The molecule has 3 aromatic carbocycles. The first-order valence-corrected chi connectivity index (χ1v) is 12.3. The van der Waals surface area contributed by atoms with Crippen LogP contribution in [0.1, 0.15) is 27.7 Å². The Balaban J connectivity index is 2.02. The lowest BCUT2D eigenvalue weighted by atomic mass is 10.0. The van der Waals surface area contributed by atoms with Crippen molar-refractivity contribution in [1.29, 1.82) is 0 Å². The quantitative estimate of drug-likeness (QED) is 0.423. The third-order valence-electron chi connectivity index (χ3n) is 4.73. The molecule has 0 amide bonds. The molecule has 0 N–H and O–H groups in total. The van der Waals surface area contributed by atoms with Gasteiger partial charge in [0.1, 0.15) is 0 Å². The van der Waals surface area contributed by atoms with E-state index in [0.717, 1.165) is 32.9 Å². The van der Waals surface area contributed by atoms with Gasteiger partial charge in [-0.3, -0.25) is 0 Å². The molecule has 0 fully saturated rings. The van der Waals surface area contributed by atoms with Crippen molar-refractivity contribution in [2.45, 2.75) is 39.0 Å². The third kappa shape index (κ3) is 4.30. The highest BCUT2D eigenvalue weighted by atomic mass is 31.1. The van der Waals surface area contributed by atoms with Crippen molar-refractivity contribution in [2.24, 2.45) is 0 Å². The van der Waals surface area contributed by atoms with Crippen molar-refractivity contribution < 1.29 is 9.13 Å². The van der Waals surface area contributed by atoms with Gasteiger partial charge < -0.3 is 0 Å². The molecule has 0 aromatic heterocycles. The van der Waals surface area contributed by atoms with Crippen LogP contribution in [0.25, 0.3) is 22.3 Å². The van der Waals surface area contributed by atoms with E-state index in [2.05, 4.69) is 24.3 Å². The highest BCUT2D eigenvalue weighted by Gasteiger charge is 2.29. The highest BCUT2D eigenvalue weighted by molar-refractivity contribution is 7.54. The van der Waals surface area contributed by atoms with Crippen LogP contribution in [0.3, 0.4) is 0 Å². The van der Waals surface area contributed by atoms with Gasteiger partial charge in [0.25, 0.3) is 0 Å². The van der Waals surface area contributed by atoms with E-state index in [0.29, 0.717) is 0 Å². The van der Waals surface area contributed by atoms with Crippen LogP contribution in [-0.2, 0) is 9.13 Å². The minimum atomic E-state index is -1.44. The van der Waals surface area contributed by atoms with Crippen LogP contribution in [0.5, 0.6) is 0 Å². The molecular weight excluding hydrogens is 382 g/mol. The average molecular weight is 408 g/mol. The Kier molecular flexibility index (Phi) is 6.55. The molecule has 2 nitrogen and oxygen atoms in total. The van der Waals surface area contributed by atoms with E-state index in [9.17, 15) is 9.13 Å². The lowest BCUT2D eigenvalue weighted by molar-refractivity contribution is 0.587. The molecule has 3 aromatic rings. The summed E-state index contributed by atoms with van der Waals surface area (Å²) in [6, 6.07) is 24.1. The molecule has 0 aliphatic rings. The van der Waals surface area contributed by atoms with Crippen LogP contribution in [-0.4, -0.2) is 11.3 Å². The second kappa shape index (κ2) is 8.91. The molecule has 0 heterocycles. The van der Waals surface area contributed by atoms with E-state index in [-0.39, 0.29) is 11.3 Å². The summed E-state index contributed by atoms with van der Waals surface area (Å²) < 4.78 is 25.5. The summed E-state index contributed by atoms with van der Waals surface area (Å²) in [4.78, 5) is 0. The second-order valence-corrected chi connectivity index (χ2v) is 11.8. The zero-order valence-corrected chi connectivity index (χ0v) is 18.6. The van der Waals surface area contributed by atoms with E-state index in [1.165, 1.54) is 0 Å². The summed E-state index contributed by atoms with van der Waals surface area (Å²) in [7, 11) is -2.88. The lowest BCUT2D eigenvalue weighted by Gasteiger charge is -2.07. The van der Waals surface area contributed by atoms with E-state index in [1.807, 2.05) is 76.2 Å². The van der Waals surface area contributed by atoms with Crippen LogP contribution in [0, 0.1) is 0 Å². The fourth-order valence-electron chi connectivity index (χ4n) is 3.21. The number of rotatable bonds is 6. The molecule has 0 spiro atoms. The van der Waals surface area contributed by atoms with Crippen molar-refractivity contribution in [2.75, 3.05) is 0 Å². The van der Waals surface area contributed by atoms with Gasteiger partial charge in [0.2, 0.25) is 0 Å². The molecular formula is C24H26O2P2+2. The summed E-state index contributed by atoms with van der Waals surface area (Å²) in [6.07, 6.45) is 0. The van der Waals surface area contributed by atoms with E-state index in [1.54, 1.807) is 0 Å². The van der Waals surface area contributed by atoms with Gasteiger partial charge in [-0.25, -0.2) is 0 Å². The summed E-state index contributed by atoms with van der Waals surface area (Å²) in [5, 5.41) is 1.81. The topological polar surface area (TPSA) is 34.1 Å². The Morgan fingerprint density at radius 1 is 0.536 bits per heavy atom. The molecule has 142 valence electrons. The molecule has 0 bridgehead atoms. The van der Waals surface area contributed by atoms with Crippen LogP contribution in [0.4, 0.5) is 0 Å². The van der Waals surface area contributed by atoms with Crippen molar-refractivity contribution in [3.8, 4) is 22.3 Å². The Morgan fingerprint density at radius 2 is 0.857 bits per heavy atom. The maximum Gasteiger partial charge on any atom is 0.380 e. The number of hydrogen-bond acceptors (Lipinski definition) is 2. The van der Waals surface area contributed by atoms with E-state index >= 15 is 0 Å². The van der Waals surface area contributed by atoms with E-state index < -0.39 is 15.6 Å². The van der Waals surface area contributed by atoms with Gasteiger partial charge >= 0.3 is 15.6 Å². The predicted octanol–water partition coefficient (Wildman–Crippen LogP) is 6.74. The van der Waals surface area contributed by atoms with Crippen LogP contribution >= 0.6 is 15.6 Å². The smallest absolute Gasteiger partial charge is 0.0678 e. The van der Waals surface area contributed by atoms with Crippen molar-refractivity contribution >= 4 is 26.2 Å². The average Bonchev–Trinajstić information content (AvgIpc) is 2.72.